The molecule has 4 aromatic rings. The minimum atomic E-state index is -0.700. The summed E-state index contributed by atoms with van der Waals surface area (Å²) in [6.45, 7) is 5.13. The van der Waals surface area contributed by atoms with Crippen molar-refractivity contribution >= 4 is 28.9 Å². The van der Waals surface area contributed by atoms with Crippen molar-refractivity contribution < 1.29 is 9.90 Å². The summed E-state index contributed by atoms with van der Waals surface area (Å²) in [6, 6.07) is 17.2. The molecule has 1 aliphatic rings. The first-order chi connectivity index (χ1) is 17.9. The lowest BCUT2D eigenvalue weighted by Crippen LogP contribution is -2.46. The molecule has 5 rings (SSSR count). The SMILES string of the molecule is CCC(C(=O)c1ccc(Cl)cc1)n1ncn(-c2ccc(N3CCN(c4ccc(O)cn4)CC3)cc2)c1=O. The summed E-state index contributed by atoms with van der Waals surface area (Å²) in [6.07, 6.45) is 3.35. The van der Waals surface area contributed by atoms with Crippen LogP contribution in [0.15, 0.2) is 78.0 Å². The van der Waals surface area contributed by atoms with E-state index in [-0.39, 0.29) is 17.2 Å². The van der Waals surface area contributed by atoms with Crippen LogP contribution in [0.2, 0.25) is 5.02 Å². The van der Waals surface area contributed by atoms with E-state index >= 15 is 0 Å². The first-order valence-corrected chi connectivity index (χ1v) is 12.5. The molecule has 190 valence electrons. The number of hydrogen-bond acceptors (Lipinski definition) is 7. The predicted molar refractivity (Wildman–Crippen MR) is 143 cm³/mol. The number of nitrogens with zero attached hydrogens (tertiary/aromatic N) is 6. The molecule has 1 N–H and O–H groups in total. The monoisotopic (exact) mass is 518 g/mol. The van der Waals surface area contributed by atoms with E-state index in [0.717, 1.165) is 37.7 Å². The number of carbonyl (C=O) groups is 1. The molecule has 0 radical (unpaired) electrons. The summed E-state index contributed by atoms with van der Waals surface area (Å²) in [4.78, 5) is 35.0. The zero-order valence-corrected chi connectivity index (χ0v) is 21.1. The topological polar surface area (TPSA) is 96.5 Å². The molecule has 2 aromatic carbocycles. The fraction of sp³-hybridized carbons (Fsp3) is 0.259. The summed E-state index contributed by atoms with van der Waals surface area (Å²) >= 11 is 5.94. The second-order valence-corrected chi connectivity index (χ2v) is 9.32. The summed E-state index contributed by atoms with van der Waals surface area (Å²) in [7, 11) is 0. The average Bonchev–Trinajstić information content (AvgIpc) is 3.31. The van der Waals surface area contributed by atoms with Gasteiger partial charge in [0.25, 0.3) is 0 Å². The number of carbonyl (C=O) groups excluding carboxylic acids is 1. The van der Waals surface area contributed by atoms with Gasteiger partial charge in [0.2, 0.25) is 0 Å². The van der Waals surface area contributed by atoms with Gasteiger partial charge in [-0.05, 0) is 67.1 Å². The van der Waals surface area contributed by atoms with E-state index in [9.17, 15) is 14.7 Å². The molecule has 37 heavy (non-hydrogen) atoms. The largest absolute Gasteiger partial charge is 0.506 e. The maximum atomic E-state index is 13.2. The van der Waals surface area contributed by atoms with Crippen LogP contribution in [0.4, 0.5) is 11.5 Å². The molecule has 3 heterocycles. The number of benzene rings is 2. The van der Waals surface area contributed by atoms with Crippen LogP contribution in [0, 0.1) is 0 Å². The highest BCUT2D eigenvalue weighted by atomic mass is 35.5. The van der Waals surface area contributed by atoms with Crippen molar-refractivity contribution in [3.05, 3.63) is 94.3 Å². The lowest BCUT2D eigenvalue weighted by atomic mass is 10.0. The van der Waals surface area contributed by atoms with E-state index in [1.165, 1.54) is 21.8 Å². The normalized spacial score (nSPS) is 14.5. The minimum absolute atomic E-state index is 0.158. The number of anilines is 2. The molecule has 2 aromatic heterocycles. The third-order valence-corrected chi connectivity index (χ3v) is 6.89. The van der Waals surface area contributed by atoms with Gasteiger partial charge in [0.05, 0.1) is 11.9 Å². The fourth-order valence-electron chi connectivity index (χ4n) is 4.57. The maximum Gasteiger partial charge on any atom is 0.351 e. The summed E-state index contributed by atoms with van der Waals surface area (Å²) in [5.74, 6) is 0.832. The number of hydrogen-bond donors (Lipinski definition) is 1. The van der Waals surface area contributed by atoms with Crippen molar-refractivity contribution in [3.63, 3.8) is 0 Å². The summed E-state index contributed by atoms with van der Waals surface area (Å²) < 4.78 is 2.71. The molecule has 10 heteroatoms. The number of pyridine rings is 1. The molecule has 1 aliphatic heterocycles. The second-order valence-electron chi connectivity index (χ2n) is 8.89. The molecule has 0 saturated carbocycles. The van der Waals surface area contributed by atoms with E-state index in [0.29, 0.717) is 22.7 Å². The van der Waals surface area contributed by atoms with Crippen LogP contribution in [-0.4, -0.2) is 56.4 Å². The van der Waals surface area contributed by atoms with Gasteiger partial charge in [-0.1, -0.05) is 18.5 Å². The van der Waals surface area contributed by atoms with Gasteiger partial charge >= 0.3 is 5.69 Å². The van der Waals surface area contributed by atoms with E-state index in [4.69, 9.17) is 11.6 Å². The number of halogens is 1. The van der Waals surface area contributed by atoms with E-state index < -0.39 is 6.04 Å². The zero-order chi connectivity index (χ0) is 25.9. The van der Waals surface area contributed by atoms with E-state index in [1.54, 1.807) is 30.3 Å². The van der Waals surface area contributed by atoms with Crippen LogP contribution < -0.4 is 15.5 Å². The van der Waals surface area contributed by atoms with Crippen molar-refractivity contribution in [3.8, 4) is 11.4 Å². The van der Waals surface area contributed by atoms with Gasteiger partial charge in [0, 0.05) is 42.5 Å². The predicted octanol–water partition coefficient (Wildman–Crippen LogP) is 3.95. The quantitative estimate of drug-likeness (QED) is 0.370. The standard InChI is InChI=1S/C27H27ClN6O3/c1-2-24(26(36)19-3-5-20(28)6-4-19)34-27(37)33(18-30-34)22-9-7-21(8-10-22)31-13-15-32(16-14-31)25-12-11-23(35)17-29-25/h3-12,17-18,24,35H,2,13-16H2,1H3. The zero-order valence-electron chi connectivity index (χ0n) is 20.4. The molecule has 1 unspecified atom stereocenters. The minimum Gasteiger partial charge on any atom is -0.506 e. The Balaban J connectivity index is 1.28. The van der Waals surface area contributed by atoms with Crippen LogP contribution in [0.1, 0.15) is 29.7 Å². The first-order valence-electron chi connectivity index (χ1n) is 12.2. The highest BCUT2D eigenvalue weighted by Crippen LogP contribution is 2.22. The molecule has 9 nitrogen and oxygen atoms in total. The van der Waals surface area contributed by atoms with Gasteiger partial charge < -0.3 is 14.9 Å². The Morgan fingerprint density at radius 3 is 2.22 bits per heavy atom. The van der Waals surface area contributed by atoms with Crippen LogP contribution in [-0.2, 0) is 0 Å². The molecule has 0 aliphatic carbocycles. The van der Waals surface area contributed by atoms with Crippen LogP contribution in [0.5, 0.6) is 5.75 Å². The molecular weight excluding hydrogens is 492 g/mol. The summed E-state index contributed by atoms with van der Waals surface area (Å²) in [5.41, 5.74) is 1.87. The van der Waals surface area contributed by atoms with Crippen LogP contribution in [0.25, 0.3) is 5.69 Å². The molecule has 0 spiro atoms. The highest BCUT2D eigenvalue weighted by Gasteiger charge is 2.24. The van der Waals surface area contributed by atoms with Gasteiger partial charge in [-0.3, -0.25) is 4.79 Å². The van der Waals surface area contributed by atoms with E-state index in [1.807, 2.05) is 37.3 Å². The van der Waals surface area contributed by atoms with E-state index in [2.05, 4.69) is 19.9 Å². The van der Waals surface area contributed by atoms with Gasteiger partial charge in [0.1, 0.15) is 23.9 Å². The highest BCUT2D eigenvalue weighted by molar-refractivity contribution is 6.30. The van der Waals surface area contributed by atoms with Crippen molar-refractivity contribution in [2.24, 2.45) is 0 Å². The lowest BCUT2D eigenvalue weighted by molar-refractivity contribution is 0.0911. The van der Waals surface area contributed by atoms with Crippen molar-refractivity contribution in [2.75, 3.05) is 36.0 Å². The Bertz CT molecular complexity index is 1420. The number of piperazine rings is 1. The van der Waals surface area contributed by atoms with Gasteiger partial charge in [-0.15, -0.1) is 0 Å². The molecule has 1 saturated heterocycles. The van der Waals surface area contributed by atoms with Crippen LogP contribution in [0.3, 0.4) is 0 Å². The fourth-order valence-corrected chi connectivity index (χ4v) is 4.69. The summed E-state index contributed by atoms with van der Waals surface area (Å²) in [5, 5.41) is 14.3. The Hall–Kier alpha value is -4.11. The molecule has 0 amide bonds. The molecular formula is C27H27ClN6O3. The van der Waals surface area contributed by atoms with Crippen LogP contribution >= 0.6 is 11.6 Å². The number of Topliss-reactive ketones (excluding diaryl/α,β-unsaturated/α-hetero) is 1. The number of ketones is 1. The number of aromatic hydroxyl groups is 1. The van der Waals surface area contributed by atoms with Gasteiger partial charge in [-0.2, -0.15) is 5.10 Å². The average molecular weight is 519 g/mol. The Morgan fingerprint density at radius 1 is 0.946 bits per heavy atom. The molecule has 1 fully saturated rings. The molecule has 0 bridgehead atoms. The maximum absolute atomic E-state index is 13.2. The number of aromatic nitrogens is 4. The number of rotatable bonds is 7. The van der Waals surface area contributed by atoms with Crippen molar-refractivity contribution in [2.45, 2.75) is 19.4 Å². The Kier molecular flexibility index (Phi) is 6.96. The smallest absolute Gasteiger partial charge is 0.351 e. The van der Waals surface area contributed by atoms with Gasteiger partial charge in [-0.25, -0.2) is 19.0 Å². The van der Waals surface area contributed by atoms with Crippen molar-refractivity contribution in [1.29, 1.82) is 0 Å². The Morgan fingerprint density at radius 2 is 1.59 bits per heavy atom. The van der Waals surface area contributed by atoms with Crippen molar-refractivity contribution in [1.82, 2.24) is 19.3 Å². The second kappa shape index (κ2) is 10.5. The first kappa shape index (κ1) is 24.6. The lowest BCUT2D eigenvalue weighted by Gasteiger charge is -2.36. The Labute approximate surface area is 219 Å². The third kappa shape index (κ3) is 5.08. The van der Waals surface area contributed by atoms with Gasteiger partial charge in [0.15, 0.2) is 5.78 Å². The third-order valence-electron chi connectivity index (χ3n) is 6.64. The molecule has 1 atom stereocenters.